The lowest BCUT2D eigenvalue weighted by molar-refractivity contribution is -0.113. The van der Waals surface area contributed by atoms with E-state index in [1.807, 2.05) is 41.8 Å². The number of nitrogens with zero attached hydrogens (tertiary/aromatic N) is 2. The van der Waals surface area contributed by atoms with Crippen LogP contribution in [-0.4, -0.2) is 34.7 Å². The first-order valence-electron chi connectivity index (χ1n) is 10.3. The Morgan fingerprint density at radius 2 is 2.09 bits per heavy atom. The van der Waals surface area contributed by atoms with Gasteiger partial charge in [0.2, 0.25) is 0 Å². The van der Waals surface area contributed by atoms with Gasteiger partial charge in [-0.2, -0.15) is 0 Å². The highest BCUT2D eigenvalue weighted by Gasteiger charge is 2.33. The monoisotopic (exact) mass is 507 g/mol. The molecule has 34 heavy (non-hydrogen) atoms. The second-order valence-electron chi connectivity index (χ2n) is 7.36. The number of ether oxygens (including phenoxy) is 1. The number of carbonyl (C=O) groups is 2. The van der Waals surface area contributed by atoms with Gasteiger partial charge in [0.1, 0.15) is 11.4 Å². The van der Waals surface area contributed by atoms with Crippen LogP contribution in [0.1, 0.15) is 15.2 Å². The molecule has 0 bridgehead atoms. The van der Waals surface area contributed by atoms with Gasteiger partial charge in [0.05, 0.1) is 23.6 Å². The topological polar surface area (TPSA) is 74.8 Å². The van der Waals surface area contributed by atoms with Crippen LogP contribution in [-0.2, 0) is 4.79 Å². The number of ketones is 1. The Kier molecular flexibility index (Phi) is 6.28. The third kappa shape index (κ3) is 4.27. The summed E-state index contributed by atoms with van der Waals surface area (Å²) in [6.45, 7) is 0. The van der Waals surface area contributed by atoms with Crippen molar-refractivity contribution < 1.29 is 14.3 Å². The molecule has 2 aromatic heterocycles. The Labute approximate surface area is 208 Å². The summed E-state index contributed by atoms with van der Waals surface area (Å²) >= 11 is 9.06. The van der Waals surface area contributed by atoms with Crippen molar-refractivity contribution in [3.8, 4) is 5.75 Å². The van der Waals surface area contributed by atoms with Crippen LogP contribution in [0.25, 0.3) is 17.0 Å². The number of aromatic nitrogens is 1. The second-order valence-corrected chi connectivity index (χ2v) is 9.69. The first-order chi connectivity index (χ1) is 16.5. The summed E-state index contributed by atoms with van der Waals surface area (Å²) in [6.07, 6.45) is 3.47. The van der Waals surface area contributed by atoms with E-state index in [9.17, 15) is 9.59 Å². The Bertz CT molecular complexity index is 1460. The number of Topliss-reactive ketones (excluding diaryl/α,β-unsaturated/α-hetero) is 1. The number of thiophene rings is 1. The number of fused-ring (bicyclic) bond motifs is 1. The summed E-state index contributed by atoms with van der Waals surface area (Å²) in [5.74, 6) is 0.297. The number of hydrogen-bond acceptors (Lipinski definition) is 6. The summed E-state index contributed by atoms with van der Waals surface area (Å²) in [5.41, 5.74) is 2.37. The first-order valence-corrected chi connectivity index (χ1v) is 12.5. The molecule has 3 heterocycles. The molecule has 4 aromatic rings. The molecule has 6 nitrogen and oxygen atoms in total. The van der Waals surface area contributed by atoms with E-state index >= 15 is 0 Å². The number of nitrogens with one attached hydrogen (secondary N) is 1. The van der Waals surface area contributed by atoms with Crippen LogP contribution in [0, 0.1) is 0 Å². The molecule has 1 amide bonds. The zero-order valence-electron chi connectivity index (χ0n) is 17.9. The molecule has 2 aromatic carbocycles. The van der Waals surface area contributed by atoms with Gasteiger partial charge in [0.25, 0.3) is 5.91 Å². The normalized spacial score (nSPS) is 14.8. The van der Waals surface area contributed by atoms with E-state index < -0.39 is 0 Å². The lowest BCUT2D eigenvalue weighted by Gasteiger charge is -2.18. The lowest BCUT2D eigenvalue weighted by atomic mass is 10.1. The van der Waals surface area contributed by atoms with Gasteiger partial charge in [-0.25, -0.2) is 4.99 Å². The van der Waals surface area contributed by atoms with Crippen molar-refractivity contribution in [2.45, 2.75) is 0 Å². The van der Waals surface area contributed by atoms with Gasteiger partial charge in [-0.3, -0.25) is 14.5 Å². The van der Waals surface area contributed by atoms with E-state index in [0.717, 1.165) is 15.8 Å². The number of rotatable bonds is 6. The Hall–Kier alpha value is -3.33. The molecular formula is C25H18ClN3O3S2. The highest BCUT2D eigenvalue weighted by molar-refractivity contribution is 8.14. The minimum absolute atomic E-state index is 0.0546. The molecule has 0 radical (unpaired) electrons. The van der Waals surface area contributed by atoms with Gasteiger partial charge in [0.15, 0.2) is 11.0 Å². The number of hydrogen-bond donors (Lipinski definition) is 1. The zero-order valence-corrected chi connectivity index (χ0v) is 20.3. The van der Waals surface area contributed by atoms with Crippen LogP contribution in [0.15, 0.2) is 76.9 Å². The highest BCUT2D eigenvalue weighted by atomic mass is 35.5. The summed E-state index contributed by atoms with van der Waals surface area (Å²) in [5, 5.41) is 3.60. The minimum Gasteiger partial charge on any atom is -0.495 e. The van der Waals surface area contributed by atoms with Crippen LogP contribution in [0.5, 0.6) is 5.75 Å². The Morgan fingerprint density at radius 3 is 2.85 bits per heavy atom. The van der Waals surface area contributed by atoms with E-state index in [1.54, 1.807) is 30.5 Å². The van der Waals surface area contributed by atoms with Crippen molar-refractivity contribution in [1.29, 1.82) is 0 Å². The fraction of sp³-hybridized carbons (Fsp3) is 0.0800. The van der Waals surface area contributed by atoms with Crippen LogP contribution < -0.4 is 9.64 Å². The molecule has 9 heteroatoms. The molecule has 0 aliphatic carbocycles. The zero-order chi connectivity index (χ0) is 23.7. The number of methoxy groups -OCH3 is 1. The number of benzene rings is 2. The largest absolute Gasteiger partial charge is 0.495 e. The number of amidine groups is 1. The standard InChI is InChI=1S/C25H18ClN3O3S2/c1-32-23-9-8-15(11-19(23)26)29-24(31)21(12-16-5-4-10-33-16)28-25(29)34-14-22(30)18-13-27-20-7-3-2-6-17(18)20/h2-13,27H,14H2,1H3/b21-12+. The minimum atomic E-state index is -0.281. The van der Waals surface area contributed by atoms with Gasteiger partial charge in [-0.15, -0.1) is 11.3 Å². The average molecular weight is 508 g/mol. The number of anilines is 1. The quantitative estimate of drug-likeness (QED) is 0.247. The van der Waals surface area contributed by atoms with Crippen molar-refractivity contribution in [3.05, 3.63) is 87.3 Å². The van der Waals surface area contributed by atoms with Gasteiger partial charge >= 0.3 is 0 Å². The molecule has 170 valence electrons. The summed E-state index contributed by atoms with van der Waals surface area (Å²) in [7, 11) is 1.53. The predicted octanol–water partition coefficient (Wildman–Crippen LogP) is 6.25. The number of aromatic amines is 1. The maximum absolute atomic E-state index is 13.3. The maximum Gasteiger partial charge on any atom is 0.283 e. The highest BCUT2D eigenvalue weighted by Crippen LogP contribution is 2.35. The van der Waals surface area contributed by atoms with Crippen LogP contribution in [0.4, 0.5) is 5.69 Å². The number of H-pyrrole nitrogens is 1. The number of thioether (sulfide) groups is 1. The van der Waals surface area contributed by atoms with Gasteiger partial charge < -0.3 is 9.72 Å². The molecule has 1 aliphatic rings. The van der Waals surface area contributed by atoms with Crippen molar-refractivity contribution in [2.24, 2.45) is 4.99 Å². The van der Waals surface area contributed by atoms with E-state index in [2.05, 4.69) is 9.98 Å². The second kappa shape index (κ2) is 9.50. The van der Waals surface area contributed by atoms with Gasteiger partial charge in [-0.1, -0.05) is 47.6 Å². The Morgan fingerprint density at radius 1 is 1.24 bits per heavy atom. The van der Waals surface area contributed by atoms with Crippen LogP contribution >= 0.6 is 34.7 Å². The maximum atomic E-state index is 13.3. The number of aliphatic imine (C=N–C) groups is 1. The number of amides is 1. The molecular weight excluding hydrogens is 490 g/mol. The molecule has 1 aliphatic heterocycles. The smallest absolute Gasteiger partial charge is 0.283 e. The van der Waals surface area contributed by atoms with E-state index in [1.165, 1.54) is 35.1 Å². The molecule has 0 fully saturated rings. The van der Waals surface area contributed by atoms with Crippen molar-refractivity contribution >= 4 is 74.2 Å². The summed E-state index contributed by atoms with van der Waals surface area (Å²) in [6, 6.07) is 16.6. The third-order valence-corrected chi connectivity index (χ3v) is 7.32. The SMILES string of the molecule is COc1ccc(N2C(=O)/C(=C\c3cccs3)N=C2SCC(=O)c2c[nH]c3ccccc23)cc1Cl. The number of carbonyl (C=O) groups excluding carboxylic acids is 2. The van der Waals surface area contributed by atoms with Crippen LogP contribution in [0.3, 0.4) is 0 Å². The molecule has 0 saturated carbocycles. The average Bonchev–Trinajstić information content (AvgIpc) is 3.57. The predicted molar refractivity (Wildman–Crippen MR) is 140 cm³/mol. The van der Waals surface area contributed by atoms with Crippen LogP contribution in [0.2, 0.25) is 5.02 Å². The summed E-state index contributed by atoms with van der Waals surface area (Å²) < 4.78 is 5.23. The summed E-state index contributed by atoms with van der Waals surface area (Å²) in [4.78, 5) is 36.5. The molecule has 0 saturated heterocycles. The van der Waals surface area contributed by atoms with E-state index in [0.29, 0.717) is 32.9 Å². The third-order valence-electron chi connectivity index (χ3n) is 5.27. The fourth-order valence-electron chi connectivity index (χ4n) is 3.63. The van der Waals surface area contributed by atoms with Crippen molar-refractivity contribution in [2.75, 3.05) is 17.8 Å². The molecule has 0 spiro atoms. The molecule has 0 unspecified atom stereocenters. The number of para-hydroxylation sites is 1. The van der Waals surface area contributed by atoms with E-state index in [4.69, 9.17) is 16.3 Å². The fourth-order valence-corrected chi connectivity index (χ4v) is 5.43. The molecule has 5 rings (SSSR count). The first kappa shape index (κ1) is 22.5. The van der Waals surface area contributed by atoms with E-state index in [-0.39, 0.29) is 17.4 Å². The molecule has 0 atom stereocenters. The van der Waals surface area contributed by atoms with Gasteiger partial charge in [-0.05, 0) is 41.8 Å². The van der Waals surface area contributed by atoms with Crippen molar-refractivity contribution in [3.63, 3.8) is 0 Å². The Balaban J connectivity index is 1.45. The van der Waals surface area contributed by atoms with Gasteiger partial charge in [0, 0.05) is 27.5 Å². The molecule has 1 N–H and O–H groups in total. The lowest BCUT2D eigenvalue weighted by Crippen LogP contribution is -2.30. The van der Waals surface area contributed by atoms with Crippen molar-refractivity contribution in [1.82, 2.24) is 4.98 Å². The number of halogens is 1.